The first kappa shape index (κ1) is 17.9. The summed E-state index contributed by atoms with van der Waals surface area (Å²) in [7, 11) is 0. The van der Waals surface area contributed by atoms with Crippen LogP contribution < -0.4 is 5.32 Å². The average Bonchev–Trinajstić information content (AvgIpc) is 2.81. The van der Waals surface area contributed by atoms with E-state index in [0.29, 0.717) is 19.5 Å². The predicted octanol–water partition coefficient (Wildman–Crippen LogP) is 1.74. The molecule has 1 N–H and O–H groups in total. The van der Waals surface area contributed by atoms with Crippen LogP contribution in [0.15, 0.2) is 17.5 Å². The van der Waals surface area contributed by atoms with Gasteiger partial charge in [-0.15, -0.1) is 11.3 Å². The van der Waals surface area contributed by atoms with Crippen molar-refractivity contribution in [2.24, 2.45) is 0 Å². The molecule has 2 rings (SSSR count). The monoisotopic (exact) mass is 337 g/mol. The number of nitrogens with zero attached hydrogens (tertiary/aromatic N) is 2. The van der Waals surface area contributed by atoms with Crippen molar-refractivity contribution in [2.45, 2.75) is 39.2 Å². The van der Waals surface area contributed by atoms with E-state index < -0.39 is 0 Å². The third kappa shape index (κ3) is 6.31. The molecule has 2 heterocycles. The average molecular weight is 337 g/mol. The maximum atomic E-state index is 12.4. The van der Waals surface area contributed by atoms with Gasteiger partial charge < -0.3 is 10.2 Å². The zero-order chi connectivity index (χ0) is 16.9. The molecule has 0 saturated carbocycles. The van der Waals surface area contributed by atoms with Gasteiger partial charge in [0.05, 0.1) is 13.0 Å². The fourth-order valence-electron chi connectivity index (χ4n) is 2.71. The third-order valence-corrected chi connectivity index (χ3v) is 4.60. The fourth-order valence-corrected chi connectivity index (χ4v) is 3.41. The van der Waals surface area contributed by atoms with E-state index in [4.69, 9.17) is 0 Å². The van der Waals surface area contributed by atoms with Gasteiger partial charge in [0, 0.05) is 36.6 Å². The number of nitrogens with one attached hydrogen (secondary N) is 1. The van der Waals surface area contributed by atoms with Crippen LogP contribution in [-0.2, 0) is 16.0 Å². The Balaban J connectivity index is 1.80. The molecule has 5 nitrogen and oxygen atoms in total. The van der Waals surface area contributed by atoms with Crippen LogP contribution in [0.3, 0.4) is 0 Å². The van der Waals surface area contributed by atoms with Gasteiger partial charge in [0.15, 0.2) is 0 Å². The zero-order valence-corrected chi connectivity index (χ0v) is 15.1. The van der Waals surface area contributed by atoms with Gasteiger partial charge in [-0.25, -0.2) is 0 Å². The summed E-state index contributed by atoms with van der Waals surface area (Å²) in [5, 5.41) is 4.99. The molecule has 0 radical (unpaired) electrons. The maximum Gasteiger partial charge on any atom is 0.234 e. The lowest BCUT2D eigenvalue weighted by Crippen LogP contribution is -2.46. The highest BCUT2D eigenvalue weighted by molar-refractivity contribution is 7.10. The van der Waals surface area contributed by atoms with Crippen molar-refractivity contribution in [3.05, 3.63) is 22.4 Å². The molecule has 1 saturated heterocycles. The van der Waals surface area contributed by atoms with Gasteiger partial charge in [-0.2, -0.15) is 0 Å². The summed E-state index contributed by atoms with van der Waals surface area (Å²) in [4.78, 5) is 29.6. The van der Waals surface area contributed by atoms with Gasteiger partial charge >= 0.3 is 0 Å². The zero-order valence-electron chi connectivity index (χ0n) is 14.3. The largest absolute Gasteiger partial charge is 0.350 e. The Bertz CT molecular complexity index is 522. The van der Waals surface area contributed by atoms with Crippen molar-refractivity contribution in [1.82, 2.24) is 15.1 Å². The first-order valence-electron chi connectivity index (χ1n) is 8.17. The van der Waals surface area contributed by atoms with E-state index in [9.17, 15) is 9.59 Å². The van der Waals surface area contributed by atoms with Crippen LogP contribution >= 0.6 is 11.3 Å². The number of hydrogen-bond acceptors (Lipinski definition) is 4. The minimum atomic E-state index is -0.203. The van der Waals surface area contributed by atoms with Crippen LogP contribution in [0.2, 0.25) is 0 Å². The Labute approximate surface area is 142 Å². The summed E-state index contributed by atoms with van der Waals surface area (Å²) < 4.78 is 0. The molecular formula is C17H27N3O2S. The second kappa shape index (κ2) is 7.93. The number of amides is 2. The van der Waals surface area contributed by atoms with Crippen LogP contribution in [0.1, 0.15) is 32.1 Å². The molecule has 1 aromatic rings. The Hall–Kier alpha value is -1.40. The Kier molecular flexibility index (Phi) is 6.18. The molecule has 128 valence electrons. The highest BCUT2D eigenvalue weighted by atomic mass is 32.1. The summed E-state index contributed by atoms with van der Waals surface area (Å²) in [5.74, 6) is 0.240. The van der Waals surface area contributed by atoms with E-state index in [2.05, 4.69) is 10.2 Å². The quantitative estimate of drug-likeness (QED) is 0.910. The smallest absolute Gasteiger partial charge is 0.234 e. The molecule has 0 atom stereocenters. The van der Waals surface area contributed by atoms with E-state index in [-0.39, 0.29) is 17.4 Å². The predicted molar refractivity (Wildman–Crippen MR) is 93.6 cm³/mol. The molecule has 2 amide bonds. The van der Waals surface area contributed by atoms with Gasteiger partial charge in [0.2, 0.25) is 11.8 Å². The number of carbonyl (C=O) groups is 2. The van der Waals surface area contributed by atoms with Crippen LogP contribution in [-0.4, -0.2) is 59.9 Å². The summed E-state index contributed by atoms with van der Waals surface area (Å²) in [6, 6.07) is 3.98. The van der Waals surface area contributed by atoms with E-state index >= 15 is 0 Å². The number of carbonyl (C=O) groups excluding carboxylic acids is 2. The van der Waals surface area contributed by atoms with E-state index in [0.717, 1.165) is 30.9 Å². The molecule has 0 aromatic carbocycles. The van der Waals surface area contributed by atoms with Gasteiger partial charge in [-0.05, 0) is 38.6 Å². The van der Waals surface area contributed by atoms with Crippen LogP contribution in [0.25, 0.3) is 0 Å². The number of hydrogen-bond donors (Lipinski definition) is 1. The van der Waals surface area contributed by atoms with Gasteiger partial charge in [0.1, 0.15) is 0 Å². The lowest BCUT2D eigenvalue weighted by Gasteiger charge is -2.25. The normalized spacial score (nSPS) is 16.9. The lowest BCUT2D eigenvalue weighted by atomic mass is 10.1. The summed E-state index contributed by atoms with van der Waals surface area (Å²) in [6.45, 7) is 9.46. The minimum Gasteiger partial charge on any atom is -0.350 e. The minimum absolute atomic E-state index is 0.0517. The molecule has 6 heteroatoms. The van der Waals surface area contributed by atoms with Crippen LogP contribution in [0.5, 0.6) is 0 Å². The molecular weight excluding hydrogens is 310 g/mol. The highest BCUT2D eigenvalue weighted by Crippen LogP contribution is 2.12. The van der Waals surface area contributed by atoms with E-state index in [1.54, 1.807) is 11.3 Å². The molecule has 1 aromatic heterocycles. The van der Waals surface area contributed by atoms with Crippen molar-refractivity contribution in [1.29, 1.82) is 0 Å². The molecule has 0 spiro atoms. The van der Waals surface area contributed by atoms with Crippen molar-refractivity contribution in [2.75, 3.05) is 32.7 Å². The lowest BCUT2D eigenvalue weighted by molar-refractivity contribution is -0.130. The second-order valence-electron chi connectivity index (χ2n) is 7.06. The standard InChI is InChI=1S/C17H27N3O2S/c1-17(2,3)18-15(21)13-19-7-5-8-20(10-9-19)16(22)12-14-6-4-11-23-14/h4,6,11H,5,7-10,12-13H2,1-3H3,(H,18,21). The fraction of sp³-hybridized carbons (Fsp3) is 0.647. The molecule has 0 unspecified atom stereocenters. The Morgan fingerprint density at radius 2 is 2.00 bits per heavy atom. The van der Waals surface area contributed by atoms with Crippen LogP contribution in [0, 0.1) is 0 Å². The number of rotatable bonds is 4. The molecule has 1 fully saturated rings. The molecule has 0 aliphatic carbocycles. The summed E-state index contributed by atoms with van der Waals surface area (Å²) in [6.07, 6.45) is 1.40. The Morgan fingerprint density at radius 3 is 2.65 bits per heavy atom. The highest BCUT2D eigenvalue weighted by Gasteiger charge is 2.22. The number of thiophene rings is 1. The van der Waals surface area contributed by atoms with Gasteiger partial charge in [-0.3, -0.25) is 14.5 Å². The SMILES string of the molecule is CC(C)(C)NC(=O)CN1CCCN(C(=O)Cc2cccs2)CC1. The van der Waals surface area contributed by atoms with Crippen molar-refractivity contribution in [3.8, 4) is 0 Å². The van der Waals surface area contributed by atoms with Crippen molar-refractivity contribution >= 4 is 23.2 Å². The van der Waals surface area contributed by atoms with Gasteiger partial charge in [0.25, 0.3) is 0 Å². The molecule has 1 aliphatic heterocycles. The summed E-state index contributed by atoms with van der Waals surface area (Å²) in [5.41, 5.74) is -0.203. The third-order valence-electron chi connectivity index (χ3n) is 3.73. The maximum absolute atomic E-state index is 12.4. The van der Waals surface area contributed by atoms with Crippen molar-refractivity contribution in [3.63, 3.8) is 0 Å². The summed E-state index contributed by atoms with van der Waals surface area (Å²) >= 11 is 1.62. The molecule has 0 bridgehead atoms. The molecule has 1 aliphatic rings. The van der Waals surface area contributed by atoms with Crippen LogP contribution in [0.4, 0.5) is 0 Å². The molecule has 23 heavy (non-hydrogen) atoms. The first-order chi connectivity index (χ1) is 10.8. The van der Waals surface area contributed by atoms with Crippen molar-refractivity contribution < 1.29 is 9.59 Å². The van der Waals surface area contributed by atoms with E-state index in [1.165, 1.54) is 0 Å². The van der Waals surface area contributed by atoms with Gasteiger partial charge in [-0.1, -0.05) is 6.07 Å². The topological polar surface area (TPSA) is 52.7 Å². The Morgan fingerprint density at radius 1 is 1.22 bits per heavy atom. The first-order valence-corrected chi connectivity index (χ1v) is 9.05. The van der Waals surface area contributed by atoms with E-state index in [1.807, 2.05) is 43.2 Å². The second-order valence-corrected chi connectivity index (χ2v) is 8.10.